The monoisotopic (exact) mass is 430 g/mol. The van der Waals surface area contributed by atoms with E-state index in [9.17, 15) is 9.59 Å². The zero-order valence-corrected chi connectivity index (χ0v) is 17.8. The van der Waals surface area contributed by atoms with Gasteiger partial charge in [-0.05, 0) is 0 Å². The molecule has 7 heteroatoms. The number of hydrogen-bond acceptors (Lipinski definition) is 4. The summed E-state index contributed by atoms with van der Waals surface area (Å²) >= 11 is 0. The number of hydrogen-bond donors (Lipinski definition) is 1. The molecule has 2 aliphatic heterocycles. The van der Waals surface area contributed by atoms with Crippen molar-refractivity contribution < 1.29 is 14.3 Å². The molecule has 2 fully saturated rings. The van der Waals surface area contributed by atoms with E-state index in [1.807, 2.05) is 59.8 Å². The highest BCUT2D eigenvalue weighted by Crippen LogP contribution is 2.31. The lowest BCUT2D eigenvalue weighted by Crippen LogP contribution is -2.44. The maximum Gasteiger partial charge on any atom is 0.227 e. The highest BCUT2D eigenvalue weighted by Gasteiger charge is 2.34. The van der Waals surface area contributed by atoms with Crippen LogP contribution < -0.4 is 5.32 Å². The second-order valence-electron chi connectivity index (χ2n) is 8.36. The van der Waals surface area contributed by atoms with E-state index < -0.39 is 0 Å². The molecule has 1 N–H and O–H groups in total. The number of ether oxygens (including phenoxy) is 1. The molecule has 32 heavy (non-hydrogen) atoms. The summed E-state index contributed by atoms with van der Waals surface area (Å²) in [6.45, 7) is 2.24. The van der Waals surface area contributed by atoms with E-state index in [2.05, 4.69) is 22.0 Å². The lowest BCUT2D eigenvalue weighted by atomic mass is 10.0. The maximum absolute atomic E-state index is 13.1. The molecule has 2 amide bonds. The van der Waals surface area contributed by atoms with Crippen molar-refractivity contribution in [1.82, 2.24) is 19.8 Å². The van der Waals surface area contributed by atoms with Gasteiger partial charge in [-0.15, -0.1) is 0 Å². The molecular formula is C25H26N4O3. The lowest BCUT2D eigenvalue weighted by Gasteiger charge is -2.27. The number of carbonyl (C=O) groups excluding carboxylic acids is 2. The van der Waals surface area contributed by atoms with E-state index in [-0.39, 0.29) is 23.8 Å². The Morgan fingerprint density at radius 2 is 1.72 bits per heavy atom. The second kappa shape index (κ2) is 8.96. The first kappa shape index (κ1) is 20.5. The fraction of sp³-hybridized carbons (Fsp3) is 0.320. The van der Waals surface area contributed by atoms with Gasteiger partial charge in [-0.25, -0.2) is 4.98 Å². The summed E-state index contributed by atoms with van der Waals surface area (Å²) in [5.74, 6) is -0.270. The molecule has 7 nitrogen and oxygen atoms in total. The smallest absolute Gasteiger partial charge is 0.227 e. The number of nitrogens with zero attached hydrogens (tertiary/aromatic N) is 3. The van der Waals surface area contributed by atoms with Crippen LogP contribution in [0.15, 0.2) is 67.0 Å². The molecule has 2 atom stereocenters. The molecule has 2 bridgehead atoms. The third-order valence-corrected chi connectivity index (χ3v) is 6.09. The van der Waals surface area contributed by atoms with Crippen molar-refractivity contribution in [3.8, 4) is 22.5 Å². The Kier molecular flexibility index (Phi) is 5.73. The average Bonchev–Trinajstić information content (AvgIpc) is 3.07. The third kappa shape index (κ3) is 4.16. The SMILES string of the molecule is O=C1N[C@@H]2COC[C@H]1CN(C(=O)CCn1cnc(-c3ccccc3)c1-c1ccccc1)C2. The van der Waals surface area contributed by atoms with Crippen LogP contribution in [0.5, 0.6) is 0 Å². The molecule has 2 aromatic carbocycles. The van der Waals surface area contributed by atoms with Crippen LogP contribution in [0.1, 0.15) is 6.42 Å². The number of nitrogens with one attached hydrogen (secondary N) is 1. The molecule has 164 valence electrons. The van der Waals surface area contributed by atoms with Crippen LogP contribution in [0.4, 0.5) is 0 Å². The molecular weight excluding hydrogens is 404 g/mol. The summed E-state index contributed by atoms with van der Waals surface area (Å²) in [5, 5.41) is 2.98. The Morgan fingerprint density at radius 3 is 2.47 bits per heavy atom. The van der Waals surface area contributed by atoms with Gasteiger partial charge < -0.3 is 19.5 Å². The van der Waals surface area contributed by atoms with E-state index in [4.69, 9.17) is 9.72 Å². The van der Waals surface area contributed by atoms with Crippen LogP contribution in [-0.2, 0) is 20.9 Å². The van der Waals surface area contributed by atoms with Crippen molar-refractivity contribution in [2.24, 2.45) is 5.92 Å². The molecule has 3 heterocycles. The maximum atomic E-state index is 13.1. The van der Waals surface area contributed by atoms with Gasteiger partial charge >= 0.3 is 0 Å². The van der Waals surface area contributed by atoms with Crippen LogP contribution in [0, 0.1) is 5.92 Å². The van der Waals surface area contributed by atoms with Crippen molar-refractivity contribution in [1.29, 1.82) is 0 Å². The lowest BCUT2D eigenvalue weighted by molar-refractivity contribution is -0.133. The topological polar surface area (TPSA) is 76.5 Å². The number of rotatable bonds is 5. The van der Waals surface area contributed by atoms with E-state index in [0.717, 1.165) is 22.5 Å². The minimum atomic E-state index is -0.302. The number of aromatic nitrogens is 2. The largest absolute Gasteiger partial charge is 0.378 e. The molecule has 5 rings (SSSR count). The predicted octanol–water partition coefficient (Wildman–Crippen LogP) is 2.58. The van der Waals surface area contributed by atoms with Gasteiger partial charge in [-0.2, -0.15) is 0 Å². The molecule has 0 unspecified atom stereocenters. The van der Waals surface area contributed by atoms with Crippen molar-refractivity contribution in [2.75, 3.05) is 26.3 Å². The van der Waals surface area contributed by atoms with Crippen LogP contribution in [0.2, 0.25) is 0 Å². The van der Waals surface area contributed by atoms with Gasteiger partial charge in [0.05, 0.1) is 42.9 Å². The Labute approximate surface area is 187 Å². The Balaban J connectivity index is 1.37. The zero-order valence-electron chi connectivity index (χ0n) is 17.8. The number of amides is 2. The van der Waals surface area contributed by atoms with E-state index in [1.165, 1.54) is 0 Å². The molecule has 0 saturated carbocycles. The molecule has 2 saturated heterocycles. The average molecular weight is 431 g/mol. The fourth-order valence-corrected chi connectivity index (χ4v) is 4.47. The number of imidazole rings is 1. The highest BCUT2D eigenvalue weighted by atomic mass is 16.5. The number of fused-ring (bicyclic) bond motifs is 3. The van der Waals surface area contributed by atoms with Gasteiger partial charge in [0.1, 0.15) is 0 Å². The number of aryl methyl sites for hydroxylation is 1. The minimum absolute atomic E-state index is 0.0173. The van der Waals surface area contributed by atoms with E-state index in [1.54, 1.807) is 0 Å². The summed E-state index contributed by atoms with van der Waals surface area (Å²) in [5.41, 5.74) is 4.01. The standard InChI is InChI=1S/C25H26N4O3/c30-22(29-13-20-15-32-16-21(14-29)27-25(20)31)11-12-28-17-26-23(18-7-3-1-4-8-18)24(28)19-9-5-2-6-10-19/h1-10,17,20-21H,11-16H2,(H,27,31)/t20-,21+/m1/s1. The molecule has 0 aliphatic carbocycles. The molecule has 3 aromatic rings. The highest BCUT2D eigenvalue weighted by molar-refractivity contribution is 5.83. The van der Waals surface area contributed by atoms with Crippen molar-refractivity contribution in [2.45, 2.75) is 19.0 Å². The van der Waals surface area contributed by atoms with E-state index >= 15 is 0 Å². The van der Waals surface area contributed by atoms with Gasteiger partial charge in [0.2, 0.25) is 11.8 Å². The molecule has 2 aliphatic rings. The summed E-state index contributed by atoms with van der Waals surface area (Å²) in [4.78, 5) is 31.8. The molecule has 1 aromatic heterocycles. The van der Waals surface area contributed by atoms with Crippen molar-refractivity contribution >= 4 is 11.8 Å². The second-order valence-corrected chi connectivity index (χ2v) is 8.36. The summed E-state index contributed by atoms with van der Waals surface area (Å²) in [6.07, 6.45) is 2.16. The van der Waals surface area contributed by atoms with Crippen LogP contribution in [0.3, 0.4) is 0 Å². The van der Waals surface area contributed by atoms with Gasteiger partial charge in [-0.1, -0.05) is 60.7 Å². The predicted molar refractivity (Wildman–Crippen MR) is 121 cm³/mol. The number of carbonyl (C=O) groups is 2. The van der Waals surface area contributed by atoms with Gasteiger partial charge in [0, 0.05) is 37.2 Å². The van der Waals surface area contributed by atoms with Gasteiger partial charge in [0.15, 0.2) is 0 Å². The van der Waals surface area contributed by atoms with Crippen LogP contribution in [-0.4, -0.2) is 58.6 Å². The zero-order chi connectivity index (χ0) is 21.9. The van der Waals surface area contributed by atoms with Crippen LogP contribution >= 0.6 is 0 Å². The first-order valence-electron chi connectivity index (χ1n) is 11.0. The number of benzene rings is 2. The summed E-state index contributed by atoms with van der Waals surface area (Å²) < 4.78 is 7.62. The van der Waals surface area contributed by atoms with Crippen molar-refractivity contribution in [3.63, 3.8) is 0 Å². The fourth-order valence-electron chi connectivity index (χ4n) is 4.47. The van der Waals surface area contributed by atoms with Crippen molar-refractivity contribution in [3.05, 3.63) is 67.0 Å². The minimum Gasteiger partial charge on any atom is -0.378 e. The van der Waals surface area contributed by atoms with Gasteiger partial charge in [0.25, 0.3) is 0 Å². The van der Waals surface area contributed by atoms with Crippen LogP contribution in [0.25, 0.3) is 22.5 Å². The first-order chi connectivity index (χ1) is 15.7. The summed E-state index contributed by atoms with van der Waals surface area (Å²) in [7, 11) is 0. The van der Waals surface area contributed by atoms with Gasteiger partial charge in [-0.3, -0.25) is 9.59 Å². The van der Waals surface area contributed by atoms with E-state index in [0.29, 0.717) is 39.3 Å². The normalized spacial score (nSPS) is 20.5. The third-order valence-electron chi connectivity index (χ3n) is 6.09. The molecule has 0 radical (unpaired) electrons. The Morgan fingerprint density at radius 1 is 1.00 bits per heavy atom. The first-order valence-corrected chi connectivity index (χ1v) is 11.0. The quantitative estimate of drug-likeness (QED) is 0.675. The summed E-state index contributed by atoms with van der Waals surface area (Å²) in [6, 6.07) is 20.1. The Hall–Kier alpha value is -3.45. The molecule has 0 spiro atoms. The Bertz CT molecular complexity index is 1100.